The van der Waals surface area contributed by atoms with Crippen LogP contribution in [0.3, 0.4) is 0 Å². The van der Waals surface area contributed by atoms with Crippen LogP contribution in [0.5, 0.6) is 5.75 Å². The highest BCUT2D eigenvalue weighted by Gasteiger charge is 2.25. The van der Waals surface area contributed by atoms with Gasteiger partial charge in [0.25, 0.3) is 0 Å². The molecule has 2 aromatic rings. The molecular weight excluding hydrogens is 366 g/mol. The monoisotopic (exact) mass is 393 g/mol. The van der Waals surface area contributed by atoms with Gasteiger partial charge in [0.1, 0.15) is 12.3 Å². The Morgan fingerprint density at radius 2 is 1.83 bits per heavy atom. The summed E-state index contributed by atoms with van der Waals surface area (Å²) in [4.78, 5) is 29.0. The fourth-order valence-electron chi connectivity index (χ4n) is 3.86. The highest BCUT2D eigenvalue weighted by molar-refractivity contribution is 6.03. The number of benzene rings is 2. The van der Waals surface area contributed by atoms with Crippen molar-refractivity contribution in [3.05, 3.63) is 48.5 Å². The van der Waals surface area contributed by atoms with Crippen molar-refractivity contribution < 1.29 is 14.3 Å². The standard InChI is InChI=1S/C23H27N3O3/c1-17-10-13-25(14-11-17)19-8-6-18(7-9-19)24-22(27)16-26-20-4-2-3-5-21(20)29-15-12-23(26)28/h2-9,17H,10-16H2,1H3,(H,24,27). The van der Waals surface area contributed by atoms with Crippen molar-refractivity contribution in [2.75, 3.05) is 41.4 Å². The molecular formula is C23H27N3O3. The number of rotatable bonds is 4. The van der Waals surface area contributed by atoms with E-state index in [4.69, 9.17) is 4.74 Å². The highest BCUT2D eigenvalue weighted by atomic mass is 16.5. The summed E-state index contributed by atoms with van der Waals surface area (Å²) in [7, 11) is 0. The average Bonchev–Trinajstić information content (AvgIpc) is 2.88. The van der Waals surface area contributed by atoms with Crippen LogP contribution in [0.25, 0.3) is 0 Å². The molecule has 2 aliphatic heterocycles. The molecule has 2 aliphatic rings. The summed E-state index contributed by atoms with van der Waals surface area (Å²) in [6.45, 7) is 4.74. The van der Waals surface area contributed by atoms with Crippen molar-refractivity contribution in [1.82, 2.24) is 0 Å². The zero-order valence-corrected chi connectivity index (χ0v) is 16.8. The van der Waals surface area contributed by atoms with Crippen LogP contribution in [0.15, 0.2) is 48.5 Å². The summed E-state index contributed by atoms with van der Waals surface area (Å²) in [6.07, 6.45) is 2.69. The van der Waals surface area contributed by atoms with Gasteiger partial charge in [-0.2, -0.15) is 0 Å². The number of anilines is 3. The Balaban J connectivity index is 1.40. The van der Waals surface area contributed by atoms with E-state index in [1.54, 1.807) is 6.07 Å². The van der Waals surface area contributed by atoms with Gasteiger partial charge in [0.05, 0.1) is 18.7 Å². The van der Waals surface area contributed by atoms with Crippen LogP contribution in [0.2, 0.25) is 0 Å². The fraction of sp³-hybridized carbons (Fsp3) is 0.391. The third kappa shape index (κ3) is 4.53. The van der Waals surface area contributed by atoms with E-state index >= 15 is 0 Å². The number of nitrogens with zero attached hydrogens (tertiary/aromatic N) is 2. The predicted octanol–water partition coefficient (Wildman–Crippen LogP) is 3.68. The maximum atomic E-state index is 12.6. The summed E-state index contributed by atoms with van der Waals surface area (Å²) in [5.41, 5.74) is 2.56. The molecule has 0 spiro atoms. The predicted molar refractivity (Wildman–Crippen MR) is 115 cm³/mol. The molecule has 152 valence electrons. The molecule has 2 aromatic carbocycles. The number of piperidine rings is 1. The minimum atomic E-state index is -0.227. The number of fused-ring (bicyclic) bond motifs is 1. The van der Waals surface area contributed by atoms with Gasteiger partial charge in [-0.3, -0.25) is 14.5 Å². The fourth-order valence-corrected chi connectivity index (χ4v) is 3.86. The molecule has 29 heavy (non-hydrogen) atoms. The van der Waals surface area contributed by atoms with Gasteiger partial charge in [0, 0.05) is 24.5 Å². The molecule has 0 aliphatic carbocycles. The van der Waals surface area contributed by atoms with Crippen molar-refractivity contribution in [2.24, 2.45) is 5.92 Å². The Bertz CT molecular complexity index is 873. The van der Waals surface area contributed by atoms with E-state index in [1.807, 2.05) is 42.5 Å². The number of amides is 2. The molecule has 1 N–H and O–H groups in total. The minimum absolute atomic E-state index is 0.0367. The van der Waals surface area contributed by atoms with Crippen LogP contribution in [0, 0.1) is 5.92 Å². The summed E-state index contributed by atoms with van der Waals surface area (Å²) >= 11 is 0. The number of carbonyl (C=O) groups is 2. The molecule has 6 heteroatoms. The van der Waals surface area contributed by atoms with Crippen LogP contribution in [0.1, 0.15) is 26.2 Å². The van der Waals surface area contributed by atoms with E-state index in [1.165, 1.54) is 23.4 Å². The molecule has 0 saturated carbocycles. The van der Waals surface area contributed by atoms with E-state index in [2.05, 4.69) is 17.1 Å². The quantitative estimate of drug-likeness (QED) is 0.861. The topological polar surface area (TPSA) is 61.9 Å². The molecule has 4 rings (SSSR count). The summed E-state index contributed by atoms with van der Waals surface area (Å²) < 4.78 is 5.63. The van der Waals surface area contributed by atoms with Gasteiger partial charge < -0.3 is 15.0 Å². The van der Waals surface area contributed by atoms with Gasteiger partial charge in [0.15, 0.2) is 0 Å². The van der Waals surface area contributed by atoms with Gasteiger partial charge in [-0.05, 0) is 55.2 Å². The number of para-hydroxylation sites is 2. The van der Waals surface area contributed by atoms with Gasteiger partial charge in [0.2, 0.25) is 11.8 Å². The zero-order chi connectivity index (χ0) is 20.2. The molecule has 2 amide bonds. The van der Waals surface area contributed by atoms with Gasteiger partial charge in [-0.25, -0.2) is 0 Å². The van der Waals surface area contributed by atoms with E-state index in [-0.39, 0.29) is 24.8 Å². The smallest absolute Gasteiger partial charge is 0.244 e. The van der Waals surface area contributed by atoms with E-state index < -0.39 is 0 Å². The van der Waals surface area contributed by atoms with Gasteiger partial charge in [-0.15, -0.1) is 0 Å². The zero-order valence-electron chi connectivity index (χ0n) is 16.8. The van der Waals surface area contributed by atoms with Crippen molar-refractivity contribution >= 4 is 28.9 Å². The first-order valence-corrected chi connectivity index (χ1v) is 10.3. The van der Waals surface area contributed by atoms with Crippen molar-refractivity contribution in [1.29, 1.82) is 0 Å². The van der Waals surface area contributed by atoms with Crippen molar-refractivity contribution in [3.63, 3.8) is 0 Å². The molecule has 1 fully saturated rings. The third-order valence-corrected chi connectivity index (χ3v) is 5.63. The first-order valence-electron chi connectivity index (χ1n) is 10.3. The second-order valence-electron chi connectivity index (χ2n) is 7.81. The summed E-state index contributed by atoms with van der Waals surface area (Å²) in [5, 5.41) is 2.91. The average molecular weight is 393 g/mol. The maximum absolute atomic E-state index is 12.6. The van der Waals surface area contributed by atoms with Gasteiger partial charge >= 0.3 is 0 Å². The van der Waals surface area contributed by atoms with Crippen LogP contribution in [0.4, 0.5) is 17.1 Å². The van der Waals surface area contributed by atoms with Crippen LogP contribution < -0.4 is 19.9 Å². The highest BCUT2D eigenvalue weighted by Crippen LogP contribution is 2.31. The molecule has 0 aromatic heterocycles. The largest absolute Gasteiger partial charge is 0.491 e. The number of nitrogens with one attached hydrogen (secondary N) is 1. The lowest BCUT2D eigenvalue weighted by molar-refractivity contribution is -0.121. The SMILES string of the molecule is CC1CCN(c2ccc(NC(=O)CN3C(=O)CCOc4ccccc43)cc2)CC1. The minimum Gasteiger partial charge on any atom is -0.491 e. The molecule has 0 atom stereocenters. The van der Waals surface area contributed by atoms with Crippen LogP contribution in [-0.4, -0.2) is 38.1 Å². The van der Waals surface area contributed by atoms with Crippen molar-refractivity contribution in [2.45, 2.75) is 26.2 Å². The van der Waals surface area contributed by atoms with Gasteiger partial charge in [-0.1, -0.05) is 19.1 Å². The second-order valence-corrected chi connectivity index (χ2v) is 7.81. The maximum Gasteiger partial charge on any atom is 0.244 e. The molecule has 1 saturated heterocycles. The molecule has 2 heterocycles. The normalized spacial score (nSPS) is 17.3. The summed E-state index contributed by atoms with van der Waals surface area (Å²) in [6, 6.07) is 15.3. The van der Waals surface area contributed by atoms with E-state index in [0.29, 0.717) is 18.0 Å². The third-order valence-electron chi connectivity index (χ3n) is 5.63. The lowest BCUT2D eigenvalue weighted by atomic mass is 9.99. The lowest BCUT2D eigenvalue weighted by Gasteiger charge is -2.32. The molecule has 0 bridgehead atoms. The van der Waals surface area contributed by atoms with E-state index in [9.17, 15) is 9.59 Å². The number of carbonyl (C=O) groups excluding carboxylic acids is 2. The lowest BCUT2D eigenvalue weighted by Crippen LogP contribution is -2.37. The Morgan fingerprint density at radius 3 is 2.59 bits per heavy atom. The molecule has 0 unspecified atom stereocenters. The number of ether oxygens (including phenoxy) is 1. The Labute approximate surface area is 171 Å². The van der Waals surface area contributed by atoms with E-state index in [0.717, 1.165) is 24.7 Å². The number of hydrogen-bond donors (Lipinski definition) is 1. The first kappa shape index (κ1) is 19.3. The Morgan fingerprint density at radius 1 is 1.10 bits per heavy atom. The molecule has 0 radical (unpaired) electrons. The summed E-state index contributed by atoms with van der Waals surface area (Å²) in [5.74, 6) is 1.09. The Kier molecular flexibility index (Phi) is 5.69. The molecule has 6 nitrogen and oxygen atoms in total. The second kappa shape index (κ2) is 8.55. The van der Waals surface area contributed by atoms with Crippen molar-refractivity contribution in [3.8, 4) is 5.75 Å². The first-order chi connectivity index (χ1) is 14.1. The number of hydrogen-bond acceptors (Lipinski definition) is 4. The van der Waals surface area contributed by atoms with Crippen LogP contribution >= 0.6 is 0 Å². The Hall–Kier alpha value is -3.02. The van der Waals surface area contributed by atoms with Crippen LogP contribution in [-0.2, 0) is 9.59 Å².